The second-order valence-electron chi connectivity index (χ2n) is 8.78. The van der Waals surface area contributed by atoms with Gasteiger partial charge in [0.05, 0.1) is 0 Å². The SMILES string of the molecule is Cc1ccc2ccc3cc(-c4ccc(C(C)(C)C)cc4)cc4ccc1c2c34. The molecule has 0 aromatic heterocycles. The molecule has 0 aliphatic rings. The van der Waals surface area contributed by atoms with Crippen LogP contribution in [0.4, 0.5) is 0 Å². The van der Waals surface area contributed by atoms with Gasteiger partial charge in [-0.1, -0.05) is 81.4 Å². The number of aryl methyl sites for hydroxylation is 1. The zero-order valence-corrected chi connectivity index (χ0v) is 16.4. The molecule has 0 spiro atoms. The lowest BCUT2D eigenvalue weighted by molar-refractivity contribution is 0.590. The lowest BCUT2D eigenvalue weighted by Crippen LogP contribution is -2.10. The Kier molecular flexibility index (Phi) is 3.37. The lowest BCUT2D eigenvalue weighted by atomic mass is 9.85. The number of benzene rings is 5. The van der Waals surface area contributed by atoms with Gasteiger partial charge in [-0.3, -0.25) is 0 Å². The highest BCUT2D eigenvalue weighted by Crippen LogP contribution is 2.38. The van der Waals surface area contributed by atoms with E-state index < -0.39 is 0 Å². The molecular formula is C27H24. The first-order valence-electron chi connectivity index (χ1n) is 9.71. The van der Waals surface area contributed by atoms with Crippen molar-refractivity contribution < 1.29 is 0 Å². The molecule has 0 aliphatic carbocycles. The zero-order chi connectivity index (χ0) is 18.8. The van der Waals surface area contributed by atoms with E-state index in [1.807, 2.05) is 0 Å². The predicted octanol–water partition coefficient (Wildman–Crippen LogP) is 7.86. The molecule has 0 radical (unpaired) electrons. The summed E-state index contributed by atoms with van der Waals surface area (Å²) in [6.45, 7) is 8.99. The minimum atomic E-state index is 0.184. The molecule has 27 heavy (non-hydrogen) atoms. The van der Waals surface area contributed by atoms with Gasteiger partial charge in [-0.15, -0.1) is 0 Å². The number of hydrogen-bond donors (Lipinski definition) is 0. The molecule has 0 heterocycles. The van der Waals surface area contributed by atoms with Gasteiger partial charge in [-0.2, -0.15) is 0 Å². The maximum absolute atomic E-state index is 2.34. The molecule has 0 amide bonds. The molecule has 132 valence electrons. The average molecular weight is 348 g/mol. The first-order valence-corrected chi connectivity index (χ1v) is 9.71. The third kappa shape index (κ3) is 2.51. The quantitative estimate of drug-likeness (QED) is 0.270. The van der Waals surface area contributed by atoms with Crippen molar-refractivity contribution in [3.05, 3.63) is 83.9 Å². The summed E-state index contributed by atoms with van der Waals surface area (Å²) in [6, 6.07) is 27.3. The molecule has 5 rings (SSSR count). The molecule has 0 fully saturated rings. The molecule has 5 aromatic rings. The highest BCUT2D eigenvalue weighted by molar-refractivity contribution is 6.24. The summed E-state index contributed by atoms with van der Waals surface area (Å²) < 4.78 is 0. The second kappa shape index (κ2) is 5.57. The maximum Gasteiger partial charge on any atom is -0.00241 e. The molecule has 0 bridgehead atoms. The fourth-order valence-electron chi connectivity index (χ4n) is 4.29. The van der Waals surface area contributed by atoms with Crippen LogP contribution in [0.25, 0.3) is 43.4 Å². The topological polar surface area (TPSA) is 0 Å². The van der Waals surface area contributed by atoms with Crippen LogP contribution in [0.2, 0.25) is 0 Å². The van der Waals surface area contributed by atoms with Crippen LogP contribution >= 0.6 is 0 Å². The van der Waals surface area contributed by atoms with E-state index in [0.717, 1.165) is 0 Å². The fourth-order valence-corrected chi connectivity index (χ4v) is 4.29. The van der Waals surface area contributed by atoms with E-state index >= 15 is 0 Å². The van der Waals surface area contributed by atoms with E-state index in [1.165, 1.54) is 54.6 Å². The van der Waals surface area contributed by atoms with E-state index in [4.69, 9.17) is 0 Å². The van der Waals surface area contributed by atoms with Crippen molar-refractivity contribution >= 4 is 32.3 Å². The Morgan fingerprint density at radius 2 is 1.15 bits per heavy atom. The van der Waals surface area contributed by atoms with Gasteiger partial charge >= 0.3 is 0 Å². The Morgan fingerprint density at radius 3 is 1.81 bits per heavy atom. The molecule has 0 heteroatoms. The molecular weight excluding hydrogens is 324 g/mol. The summed E-state index contributed by atoms with van der Waals surface area (Å²) in [5.74, 6) is 0. The van der Waals surface area contributed by atoms with Crippen LogP contribution in [0.3, 0.4) is 0 Å². The molecule has 0 N–H and O–H groups in total. The van der Waals surface area contributed by atoms with Crippen LogP contribution in [-0.4, -0.2) is 0 Å². The van der Waals surface area contributed by atoms with Crippen LogP contribution in [0, 0.1) is 6.92 Å². The largest absolute Gasteiger partial charge is 0.0581 e. The first-order chi connectivity index (χ1) is 12.9. The van der Waals surface area contributed by atoms with E-state index in [9.17, 15) is 0 Å². The molecule has 0 atom stereocenters. The Balaban J connectivity index is 1.75. The normalized spacial score (nSPS) is 12.4. The molecule has 0 saturated heterocycles. The third-order valence-electron chi connectivity index (χ3n) is 5.90. The van der Waals surface area contributed by atoms with Gasteiger partial charge in [-0.05, 0) is 79.0 Å². The Morgan fingerprint density at radius 1 is 0.556 bits per heavy atom. The van der Waals surface area contributed by atoms with Crippen LogP contribution in [0.1, 0.15) is 31.9 Å². The highest BCUT2D eigenvalue weighted by Gasteiger charge is 2.14. The van der Waals surface area contributed by atoms with Crippen LogP contribution in [-0.2, 0) is 5.41 Å². The highest BCUT2D eigenvalue weighted by atomic mass is 14.2. The van der Waals surface area contributed by atoms with Gasteiger partial charge in [0.2, 0.25) is 0 Å². The third-order valence-corrected chi connectivity index (χ3v) is 5.90. The number of rotatable bonds is 1. The van der Waals surface area contributed by atoms with Crippen LogP contribution < -0.4 is 0 Å². The van der Waals surface area contributed by atoms with E-state index in [0.29, 0.717) is 0 Å². The maximum atomic E-state index is 2.34. The van der Waals surface area contributed by atoms with Crippen molar-refractivity contribution in [3.8, 4) is 11.1 Å². The van der Waals surface area contributed by atoms with Gasteiger partial charge in [0.15, 0.2) is 0 Å². The van der Waals surface area contributed by atoms with Gasteiger partial charge in [0.1, 0.15) is 0 Å². The summed E-state index contributed by atoms with van der Waals surface area (Å²) in [7, 11) is 0. The van der Waals surface area contributed by atoms with Gasteiger partial charge in [0, 0.05) is 0 Å². The minimum Gasteiger partial charge on any atom is -0.0581 e. The van der Waals surface area contributed by atoms with Crippen molar-refractivity contribution in [2.24, 2.45) is 0 Å². The Labute approximate surface area is 160 Å². The smallest absolute Gasteiger partial charge is 0.00241 e. The van der Waals surface area contributed by atoms with E-state index in [2.05, 4.69) is 100 Å². The summed E-state index contributed by atoms with van der Waals surface area (Å²) in [5, 5.41) is 8.14. The van der Waals surface area contributed by atoms with Crippen molar-refractivity contribution in [1.29, 1.82) is 0 Å². The van der Waals surface area contributed by atoms with Crippen LogP contribution in [0.15, 0.2) is 72.8 Å². The minimum absolute atomic E-state index is 0.184. The van der Waals surface area contributed by atoms with Crippen molar-refractivity contribution in [3.63, 3.8) is 0 Å². The van der Waals surface area contributed by atoms with Crippen LogP contribution in [0.5, 0.6) is 0 Å². The predicted molar refractivity (Wildman–Crippen MR) is 119 cm³/mol. The monoisotopic (exact) mass is 348 g/mol. The first kappa shape index (κ1) is 16.3. The molecule has 0 nitrogen and oxygen atoms in total. The Hall–Kier alpha value is -2.86. The van der Waals surface area contributed by atoms with Crippen molar-refractivity contribution in [1.82, 2.24) is 0 Å². The van der Waals surface area contributed by atoms with E-state index in [1.54, 1.807) is 0 Å². The molecule has 0 saturated carbocycles. The van der Waals surface area contributed by atoms with Gasteiger partial charge < -0.3 is 0 Å². The van der Waals surface area contributed by atoms with Gasteiger partial charge in [-0.25, -0.2) is 0 Å². The summed E-state index contributed by atoms with van der Waals surface area (Å²) in [6.07, 6.45) is 0. The van der Waals surface area contributed by atoms with Crippen molar-refractivity contribution in [2.75, 3.05) is 0 Å². The van der Waals surface area contributed by atoms with Crippen molar-refractivity contribution in [2.45, 2.75) is 33.1 Å². The lowest BCUT2D eigenvalue weighted by Gasteiger charge is -2.19. The summed E-state index contributed by atoms with van der Waals surface area (Å²) in [4.78, 5) is 0. The molecule has 5 aromatic carbocycles. The summed E-state index contributed by atoms with van der Waals surface area (Å²) >= 11 is 0. The second-order valence-corrected chi connectivity index (χ2v) is 8.78. The summed E-state index contributed by atoms with van der Waals surface area (Å²) in [5.41, 5.74) is 5.48. The molecule has 0 aliphatic heterocycles. The fraction of sp³-hybridized carbons (Fsp3) is 0.185. The Bertz CT molecular complexity index is 1260. The molecule has 0 unspecified atom stereocenters. The number of hydrogen-bond acceptors (Lipinski definition) is 0. The average Bonchev–Trinajstić information content (AvgIpc) is 2.66. The van der Waals surface area contributed by atoms with Gasteiger partial charge in [0.25, 0.3) is 0 Å². The zero-order valence-electron chi connectivity index (χ0n) is 16.4. The van der Waals surface area contributed by atoms with E-state index in [-0.39, 0.29) is 5.41 Å². The standard InChI is InChI=1S/C27H24/c1-17-5-6-19-7-8-20-15-22(16-21-11-14-24(17)26(19)25(20)21)18-9-12-23(13-10-18)27(2,3)4/h5-16H,1-4H3.